The van der Waals surface area contributed by atoms with Gasteiger partial charge >= 0.3 is 11.6 Å². The van der Waals surface area contributed by atoms with Gasteiger partial charge in [0.1, 0.15) is 23.2 Å². The zero-order valence-electron chi connectivity index (χ0n) is 18.9. The highest BCUT2D eigenvalue weighted by atomic mass is 16.5. The lowest BCUT2D eigenvalue weighted by molar-refractivity contribution is -0.146. The van der Waals surface area contributed by atoms with Gasteiger partial charge in [0.2, 0.25) is 0 Å². The van der Waals surface area contributed by atoms with E-state index in [-0.39, 0.29) is 39.8 Å². The molecule has 0 saturated carbocycles. The second-order valence-electron chi connectivity index (χ2n) is 7.94. The van der Waals surface area contributed by atoms with E-state index in [1.807, 2.05) is 20.8 Å². The molecule has 2 N–H and O–H groups in total. The molecular formula is C24H30O7. The second kappa shape index (κ2) is 9.81. The largest absolute Gasteiger partial charge is 0.507 e. The molecule has 1 aromatic heterocycles. The van der Waals surface area contributed by atoms with Crippen LogP contribution in [0.3, 0.4) is 0 Å². The molecular weight excluding hydrogens is 400 g/mol. The lowest BCUT2D eigenvalue weighted by Gasteiger charge is -2.21. The average molecular weight is 430 g/mol. The Hall–Kier alpha value is -3.09. The third-order valence-corrected chi connectivity index (χ3v) is 5.31. The molecule has 0 fully saturated rings. The number of allylic oxidation sites excluding steroid dienone is 2. The summed E-state index contributed by atoms with van der Waals surface area (Å²) in [6, 6.07) is 1.15. The maximum atomic E-state index is 13.1. The van der Waals surface area contributed by atoms with Gasteiger partial charge in [0.15, 0.2) is 11.4 Å². The van der Waals surface area contributed by atoms with Gasteiger partial charge in [-0.3, -0.25) is 9.59 Å². The summed E-state index contributed by atoms with van der Waals surface area (Å²) >= 11 is 0. The normalized spacial score (nSPS) is 13.0. The Kier molecular flexibility index (Phi) is 7.65. The molecule has 0 aliphatic carbocycles. The molecule has 2 rings (SSSR count). The molecule has 7 heteroatoms. The highest BCUT2D eigenvalue weighted by Crippen LogP contribution is 2.44. The summed E-state index contributed by atoms with van der Waals surface area (Å²) in [5.74, 6) is -2.11. The number of phenols is 2. The second-order valence-corrected chi connectivity index (χ2v) is 7.94. The van der Waals surface area contributed by atoms with Crippen molar-refractivity contribution in [2.24, 2.45) is 5.92 Å². The fourth-order valence-corrected chi connectivity index (χ4v) is 3.43. The lowest BCUT2D eigenvalue weighted by Crippen LogP contribution is -2.16. The van der Waals surface area contributed by atoms with Crippen LogP contribution < -0.4 is 5.63 Å². The Bertz CT molecular complexity index is 1090. The molecule has 1 aromatic carbocycles. The molecule has 2 atom stereocenters. The minimum absolute atomic E-state index is 0.0920. The third kappa shape index (κ3) is 4.98. The smallest absolute Gasteiger partial charge is 0.336 e. The first-order valence-electron chi connectivity index (χ1n) is 10.4. The Morgan fingerprint density at radius 3 is 2.29 bits per heavy atom. The van der Waals surface area contributed by atoms with Gasteiger partial charge in [-0.05, 0) is 33.1 Å². The van der Waals surface area contributed by atoms with Crippen LogP contribution in [0.15, 0.2) is 26.9 Å². The summed E-state index contributed by atoms with van der Waals surface area (Å²) in [5, 5.41) is 22.1. The number of hydrogen-bond acceptors (Lipinski definition) is 7. The minimum atomic E-state index is -0.831. The number of Topliss-reactive ketones (excluding diaryl/α,β-unsaturated/α-hetero) is 1. The van der Waals surface area contributed by atoms with Crippen molar-refractivity contribution in [2.45, 2.75) is 66.9 Å². The first-order chi connectivity index (χ1) is 14.5. The Balaban J connectivity index is 3.04. The monoisotopic (exact) mass is 430 g/mol. The molecule has 1 unspecified atom stereocenters. The molecule has 0 bridgehead atoms. The van der Waals surface area contributed by atoms with E-state index in [2.05, 4.69) is 0 Å². The number of ether oxygens (including phenoxy) is 1. The minimum Gasteiger partial charge on any atom is -0.507 e. The summed E-state index contributed by atoms with van der Waals surface area (Å²) < 4.78 is 10.7. The zero-order chi connectivity index (χ0) is 23.5. The van der Waals surface area contributed by atoms with Gasteiger partial charge in [-0.2, -0.15) is 0 Å². The number of fused-ring (bicyclic) bond motifs is 1. The number of hydrogen-bond donors (Lipinski definition) is 2. The fraction of sp³-hybridized carbons (Fsp3) is 0.458. The number of ketones is 1. The van der Waals surface area contributed by atoms with E-state index < -0.39 is 35.1 Å². The van der Waals surface area contributed by atoms with Crippen molar-refractivity contribution >= 4 is 22.7 Å². The lowest BCUT2D eigenvalue weighted by atomic mass is 9.89. The summed E-state index contributed by atoms with van der Waals surface area (Å²) in [7, 11) is 0. The van der Waals surface area contributed by atoms with Crippen molar-refractivity contribution in [3.05, 3.63) is 44.8 Å². The third-order valence-electron chi connectivity index (χ3n) is 5.31. The van der Waals surface area contributed by atoms with E-state index >= 15 is 0 Å². The zero-order valence-corrected chi connectivity index (χ0v) is 18.9. The van der Waals surface area contributed by atoms with Gasteiger partial charge in [-0.25, -0.2) is 4.79 Å². The predicted octanol–water partition coefficient (Wildman–Crippen LogP) is 4.96. The van der Waals surface area contributed by atoms with Crippen LogP contribution in [0.1, 0.15) is 82.0 Å². The summed E-state index contributed by atoms with van der Waals surface area (Å²) in [4.78, 5) is 37.1. The quantitative estimate of drug-likeness (QED) is 0.263. The van der Waals surface area contributed by atoms with Gasteiger partial charge in [-0.15, -0.1) is 0 Å². The summed E-state index contributed by atoms with van der Waals surface area (Å²) in [5.41, 5.74) is 0.221. The highest BCUT2D eigenvalue weighted by molar-refractivity contribution is 6.12. The highest BCUT2D eigenvalue weighted by Gasteiger charge is 2.30. The van der Waals surface area contributed by atoms with Crippen LogP contribution in [-0.2, 0) is 16.0 Å². The molecule has 0 aliphatic rings. The molecule has 0 saturated heterocycles. The number of phenolic OH excluding ortho intramolecular Hbond substituents is 2. The molecule has 0 amide bonds. The molecule has 31 heavy (non-hydrogen) atoms. The maximum Gasteiger partial charge on any atom is 0.336 e. The molecule has 168 valence electrons. The number of carbonyl (C=O) groups excluding carboxylic acids is 2. The van der Waals surface area contributed by atoms with Crippen LogP contribution in [0.25, 0.3) is 11.0 Å². The average Bonchev–Trinajstić information content (AvgIpc) is 2.69. The number of aromatic hydroxyl groups is 2. The number of carbonyl (C=O) groups is 2. The number of benzene rings is 1. The van der Waals surface area contributed by atoms with E-state index in [0.29, 0.717) is 12.8 Å². The fourth-order valence-electron chi connectivity index (χ4n) is 3.43. The standard InChI is InChI=1S/C24H30O7/c1-7-13(5)21(27)20-23(29)15(10-9-12(3)4)22(28)19-16(11-18(26)31-24(19)20)17(8-2)30-14(6)25/h9,11,13,17,28-29H,7-8,10H2,1-6H3/t13?,17-/m0/s1. The van der Waals surface area contributed by atoms with E-state index in [1.165, 1.54) is 6.92 Å². The van der Waals surface area contributed by atoms with Gasteiger partial charge in [0.25, 0.3) is 0 Å². The maximum absolute atomic E-state index is 13.1. The van der Waals surface area contributed by atoms with E-state index in [4.69, 9.17) is 9.15 Å². The van der Waals surface area contributed by atoms with Crippen LogP contribution >= 0.6 is 0 Å². The number of rotatable bonds is 8. The summed E-state index contributed by atoms with van der Waals surface area (Å²) in [6.07, 6.45) is 1.98. The van der Waals surface area contributed by atoms with Crippen molar-refractivity contribution in [1.82, 2.24) is 0 Å². The van der Waals surface area contributed by atoms with Gasteiger partial charge < -0.3 is 19.4 Å². The van der Waals surface area contributed by atoms with Crippen LogP contribution in [-0.4, -0.2) is 22.0 Å². The van der Waals surface area contributed by atoms with E-state index in [9.17, 15) is 24.6 Å². The van der Waals surface area contributed by atoms with E-state index in [0.717, 1.165) is 11.6 Å². The molecule has 1 heterocycles. The van der Waals surface area contributed by atoms with Crippen molar-refractivity contribution in [1.29, 1.82) is 0 Å². The molecule has 7 nitrogen and oxygen atoms in total. The Labute approximate surface area is 181 Å². The van der Waals surface area contributed by atoms with Crippen LogP contribution in [0, 0.1) is 5.92 Å². The van der Waals surface area contributed by atoms with Crippen molar-refractivity contribution in [2.75, 3.05) is 0 Å². The first kappa shape index (κ1) is 24.2. The van der Waals surface area contributed by atoms with Crippen molar-refractivity contribution < 1.29 is 29.0 Å². The van der Waals surface area contributed by atoms with Crippen LogP contribution in [0.2, 0.25) is 0 Å². The summed E-state index contributed by atoms with van der Waals surface area (Å²) in [6.45, 7) is 10.3. The topological polar surface area (TPSA) is 114 Å². The van der Waals surface area contributed by atoms with Crippen molar-refractivity contribution in [3.63, 3.8) is 0 Å². The Morgan fingerprint density at radius 2 is 1.77 bits per heavy atom. The molecule has 0 spiro atoms. The Morgan fingerprint density at radius 1 is 1.13 bits per heavy atom. The molecule has 2 aromatic rings. The SMILES string of the molecule is CCC(C)C(=O)c1c(O)c(CC=C(C)C)c(O)c2c([C@H](CC)OC(C)=O)cc(=O)oc12. The molecule has 0 aliphatic heterocycles. The van der Waals surface area contributed by atoms with Crippen LogP contribution in [0.4, 0.5) is 0 Å². The number of esters is 1. The van der Waals surface area contributed by atoms with Gasteiger partial charge in [0.05, 0.1) is 5.39 Å². The predicted molar refractivity (Wildman–Crippen MR) is 118 cm³/mol. The van der Waals surface area contributed by atoms with E-state index in [1.54, 1.807) is 19.9 Å². The van der Waals surface area contributed by atoms with Gasteiger partial charge in [0, 0.05) is 30.0 Å². The molecule has 0 radical (unpaired) electrons. The van der Waals surface area contributed by atoms with Gasteiger partial charge in [-0.1, -0.05) is 32.4 Å². The van der Waals surface area contributed by atoms with Crippen molar-refractivity contribution in [3.8, 4) is 11.5 Å². The first-order valence-corrected chi connectivity index (χ1v) is 10.4. The van der Waals surface area contributed by atoms with Crippen LogP contribution in [0.5, 0.6) is 11.5 Å².